The maximum atomic E-state index is 12.4. The molecule has 2 aromatic carbocycles. The first-order valence-electron chi connectivity index (χ1n) is 7.92. The molecular formula is C18H17ClN2O4. The number of non-ortho nitro benzene ring substituents is 1. The predicted molar refractivity (Wildman–Crippen MR) is 93.5 cm³/mol. The number of hydrogen-bond donors (Lipinski definition) is 2. The van der Waals surface area contributed by atoms with E-state index in [1.807, 2.05) is 30.3 Å². The summed E-state index contributed by atoms with van der Waals surface area (Å²) in [6.07, 6.45) is 1.78. The van der Waals surface area contributed by atoms with Crippen LogP contribution < -0.4 is 5.32 Å². The van der Waals surface area contributed by atoms with E-state index in [0.29, 0.717) is 0 Å². The van der Waals surface area contributed by atoms with E-state index in [0.717, 1.165) is 24.5 Å². The lowest BCUT2D eigenvalue weighted by Crippen LogP contribution is -2.42. The summed E-state index contributed by atoms with van der Waals surface area (Å²) in [5.74, 6) is -0.473. The zero-order chi connectivity index (χ0) is 18.0. The maximum absolute atomic E-state index is 12.4. The third kappa shape index (κ3) is 3.65. The number of amides is 1. The van der Waals surface area contributed by atoms with Crippen LogP contribution in [0.25, 0.3) is 0 Å². The molecule has 1 aliphatic carbocycles. The minimum Gasteiger partial charge on any atom is -0.383 e. The minimum absolute atomic E-state index is 0.0134. The van der Waals surface area contributed by atoms with Gasteiger partial charge in [-0.2, -0.15) is 0 Å². The van der Waals surface area contributed by atoms with Crippen molar-refractivity contribution in [2.75, 3.05) is 6.54 Å². The highest BCUT2D eigenvalue weighted by molar-refractivity contribution is 6.33. The van der Waals surface area contributed by atoms with Gasteiger partial charge in [-0.25, -0.2) is 0 Å². The highest BCUT2D eigenvalue weighted by Gasteiger charge is 2.45. The summed E-state index contributed by atoms with van der Waals surface area (Å²) in [7, 11) is 0. The molecule has 7 heteroatoms. The van der Waals surface area contributed by atoms with Gasteiger partial charge in [-0.3, -0.25) is 14.9 Å². The monoisotopic (exact) mass is 360 g/mol. The Labute approximate surface area is 149 Å². The van der Waals surface area contributed by atoms with Crippen molar-refractivity contribution in [1.82, 2.24) is 5.32 Å². The number of rotatable bonds is 6. The van der Waals surface area contributed by atoms with Gasteiger partial charge < -0.3 is 10.4 Å². The lowest BCUT2D eigenvalue weighted by molar-refractivity contribution is -0.384. The van der Waals surface area contributed by atoms with Crippen LogP contribution in [0.1, 0.15) is 28.8 Å². The fourth-order valence-electron chi connectivity index (χ4n) is 2.88. The third-order valence-electron chi connectivity index (χ3n) is 4.45. The second-order valence-electron chi connectivity index (χ2n) is 6.17. The molecule has 0 spiro atoms. The summed E-state index contributed by atoms with van der Waals surface area (Å²) in [5, 5.41) is 24.7. The van der Waals surface area contributed by atoms with Crippen LogP contribution in [-0.4, -0.2) is 22.5 Å². The van der Waals surface area contributed by atoms with Crippen LogP contribution in [0.3, 0.4) is 0 Å². The van der Waals surface area contributed by atoms with Crippen LogP contribution in [0.15, 0.2) is 48.5 Å². The van der Waals surface area contributed by atoms with Gasteiger partial charge in [-0.15, -0.1) is 0 Å². The first-order valence-corrected chi connectivity index (χ1v) is 8.29. The van der Waals surface area contributed by atoms with Crippen molar-refractivity contribution in [1.29, 1.82) is 0 Å². The first-order chi connectivity index (χ1) is 11.9. The number of nitro benzene ring substituents is 1. The van der Waals surface area contributed by atoms with Gasteiger partial charge >= 0.3 is 0 Å². The molecule has 1 amide bonds. The van der Waals surface area contributed by atoms with Crippen LogP contribution in [0, 0.1) is 16.0 Å². The van der Waals surface area contributed by atoms with Crippen molar-refractivity contribution in [3.63, 3.8) is 0 Å². The van der Waals surface area contributed by atoms with Gasteiger partial charge in [0.2, 0.25) is 0 Å². The van der Waals surface area contributed by atoms with Crippen LogP contribution >= 0.6 is 11.6 Å². The number of benzene rings is 2. The fourth-order valence-corrected chi connectivity index (χ4v) is 3.08. The van der Waals surface area contributed by atoms with Crippen molar-refractivity contribution in [3.05, 3.63) is 74.8 Å². The zero-order valence-electron chi connectivity index (χ0n) is 13.3. The molecule has 1 fully saturated rings. The first kappa shape index (κ1) is 17.4. The molecule has 0 saturated heterocycles. The molecule has 0 bridgehead atoms. The van der Waals surface area contributed by atoms with Crippen molar-refractivity contribution in [2.24, 2.45) is 5.92 Å². The van der Waals surface area contributed by atoms with E-state index in [1.54, 1.807) is 0 Å². The molecule has 3 rings (SSSR count). The molecular weight excluding hydrogens is 344 g/mol. The molecule has 1 saturated carbocycles. The van der Waals surface area contributed by atoms with E-state index in [4.69, 9.17) is 11.6 Å². The summed E-state index contributed by atoms with van der Waals surface area (Å²) in [6, 6.07) is 12.9. The minimum atomic E-state index is -1.16. The average molecular weight is 361 g/mol. The number of nitrogens with zero attached hydrogens (tertiary/aromatic N) is 1. The Morgan fingerprint density at radius 1 is 1.28 bits per heavy atom. The highest BCUT2D eigenvalue weighted by atomic mass is 35.5. The molecule has 25 heavy (non-hydrogen) atoms. The molecule has 1 unspecified atom stereocenters. The number of carbonyl (C=O) groups is 1. The zero-order valence-corrected chi connectivity index (χ0v) is 14.1. The van der Waals surface area contributed by atoms with Gasteiger partial charge in [0.25, 0.3) is 11.6 Å². The van der Waals surface area contributed by atoms with Crippen molar-refractivity contribution in [3.8, 4) is 0 Å². The van der Waals surface area contributed by atoms with E-state index in [9.17, 15) is 20.0 Å². The lowest BCUT2D eigenvalue weighted by Gasteiger charge is -2.29. The Morgan fingerprint density at radius 3 is 2.56 bits per heavy atom. The van der Waals surface area contributed by atoms with Crippen LogP contribution in [0.2, 0.25) is 5.02 Å². The molecule has 0 aliphatic heterocycles. The number of aliphatic hydroxyl groups is 1. The van der Waals surface area contributed by atoms with Crippen LogP contribution in [0.4, 0.5) is 5.69 Å². The molecule has 2 N–H and O–H groups in total. The maximum Gasteiger partial charge on any atom is 0.270 e. The smallest absolute Gasteiger partial charge is 0.270 e. The fraction of sp³-hybridized carbons (Fsp3) is 0.278. The summed E-state index contributed by atoms with van der Waals surface area (Å²) in [4.78, 5) is 22.7. The molecule has 130 valence electrons. The van der Waals surface area contributed by atoms with Crippen LogP contribution in [-0.2, 0) is 5.60 Å². The van der Waals surface area contributed by atoms with Gasteiger partial charge in [0.15, 0.2) is 0 Å². The number of nitro groups is 1. The summed E-state index contributed by atoms with van der Waals surface area (Å²) >= 11 is 5.99. The van der Waals surface area contributed by atoms with Crippen molar-refractivity contribution < 1.29 is 14.8 Å². The van der Waals surface area contributed by atoms with E-state index < -0.39 is 16.4 Å². The Bertz CT molecular complexity index is 808. The number of carbonyl (C=O) groups excluding carboxylic acids is 1. The number of halogens is 1. The highest BCUT2D eigenvalue weighted by Crippen LogP contribution is 2.45. The Morgan fingerprint density at radius 2 is 1.96 bits per heavy atom. The SMILES string of the molecule is O=C(NCC(O)(c1ccccc1)C1CC1)c1cc([N+](=O)[O-])ccc1Cl. The summed E-state index contributed by atoms with van der Waals surface area (Å²) < 4.78 is 0. The predicted octanol–water partition coefficient (Wildman–Crippen LogP) is 3.28. The van der Waals surface area contributed by atoms with Gasteiger partial charge in [0.1, 0.15) is 5.60 Å². The second kappa shape index (κ2) is 6.82. The van der Waals surface area contributed by atoms with Gasteiger partial charge in [0, 0.05) is 12.1 Å². The Hall–Kier alpha value is -2.44. The average Bonchev–Trinajstić information content (AvgIpc) is 3.46. The van der Waals surface area contributed by atoms with Crippen molar-refractivity contribution in [2.45, 2.75) is 18.4 Å². The standard InChI is InChI=1S/C18H17ClN2O4/c19-16-9-8-14(21(24)25)10-15(16)17(22)20-11-18(23,13-6-7-13)12-4-2-1-3-5-12/h1-5,8-10,13,23H,6-7,11H2,(H,20,22). The van der Waals surface area contributed by atoms with E-state index in [-0.39, 0.29) is 28.7 Å². The third-order valence-corrected chi connectivity index (χ3v) is 4.78. The molecule has 0 radical (unpaired) electrons. The number of hydrogen-bond acceptors (Lipinski definition) is 4. The summed E-state index contributed by atoms with van der Waals surface area (Å²) in [6.45, 7) is 0.0134. The molecule has 6 nitrogen and oxygen atoms in total. The molecule has 0 aromatic heterocycles. The molecule has 0 heterocycles. The van der Waals surface area contributed by atoms with Crippen LogP contribution in [0.5, 0.6) is 0 Å². The van der Waals surface area contributed by atoms with Gasteiger partial charge in [-0.1, -0.05) is 41.9 Å². The van der Waals surface area contributed by atoms with E-state index >= 15 is 0 Å². The van der Waals surface area contributed by atoms with Crippen molar-refractivity contribution >= 4 is 23.2 Å². The van der Waals surface area contributed by atoms with E-state index in [1.165, 1.54) is 12.1 Å². The largest absolute Gasteiger partial charge is 0.383 e. The summed E-state index contributed by atoms with van der Waals surface area (Å²) in [5.41, 5.74) is -0.621. The lowest BCUT2D eigenvalue weighted by atomic mass is 9.88. The normalized spacial score (nSPS) is 16.1. The Kier molecular flexibility index (Phi) is 4.74. The quantitative estimate of drug-likeness (QED) is 0.610. The van der Waals surface area contributed by atoms with E-state index in [2.05, 4.69) is 5.32 Å². The molecule has 2 aromatic rings. The van der Waals surface area contributed by atoms with Gasteiger partial charge in [0.05, 0.1) is 22.1 Å². The second-order valence-corrected chi connectivity index (χ2v) is 6.58. The topological polar surface area (TPSA) is 92.5 Å². The molecule has 1 aliphatic rings. The number of nitrogens with one attached hydrogen (secondary N) is 1. The van der Waals surface area contributed by atoms with Gasteiger partial charge in [-0.05, 0) is 30.4 Å². The molecule has 1 atom stereocenters. The Balaban J connectivity index is 1.79.